The molecule has 4 heteroatoms. The predicted octanol–water partition coefficient (Wildman–Crippen LogP) is 0.537. The van der Waals surface area contributed by atoms with E-state index in [0.29, 0.717) is 6.04 Å². The summed E-state index contributed by atoms with van der Waals surface area (Å²) >= 11 is 0. The quantitative estimate of drug-likeness (QED) is 0.761. The normalized spacial score (nSPS) is 27.3. The predicted molar refractivity (Wildman–Crippen MR) is 66.4 cm³/mol. The number of likely N-dealkylation sites (N-methyl/N-ethyl adjacent to an activating group) is 1. The number of carbonyl (C=O) groups excluding carboxylic acids is 1. The first-order valence-electron chi connectivity index (χ1n) is 6.24. The van der Waals surface area contributed by atoms with E-state index in [0.717, 1.165) is 32.5 Å². The van der Waals surface area contributed by atoms with Crippen LogP contribution in [-0.2, 0) is 4.79 Å². The molecule has 0 radical (unpaired) electrons. The zero-order valence-electron chi connectivity index (χ0n) is 11.0. The van der Waals surface area contributed by atoms with Crippen LogP contribution in [0.5, 0.6) is 0 Å². The summed E-state index contributed by atoms with van der Waals surface area (Å²) in [6.45, 7) is 6.87. The highest BCUT2D eigenvalue weighted by Crippen LogP contribution is 2.11. The van der Waals surface area contributed by atoms with Gasteiger partial charge < -0.3 is 15.1 Å². The third-order valence-corrected chi connectivity index (χ3v) is 3.08. The van der Waals surface area contributed by atoms with E-state index in [1.54, 1.807) is 0 Å². The minimum atomic E-state index is -0.0356. The molecule has 1 amide bonds. The number of carbonyl (C=O) groups is 1. The van der Waals surface area contributed by atoms with Gasteiger partial charge in [-0.05, 0) is 40.4 Å². The van der Waals surface area contributed by atoms with Crippen LogP contribution in [0.4, 0.5) is 0 Å². The van der Waals surface area contributed by atoms with Gasteiger partial charge in [-0.25, -0.2) is 0 Å². The zero-order valence-corrected chi connectivity index (χ0v) is 11.0. The van der Waals surface area contributed by atoms with Gasteiger partial charge in [0.2, 0.25) is 5.91 Å². The average molecular weight is 227 g/mol. The average Bonchev–Trinajstić information content (AvgIpc) is 2.32. The second-order valence-electron chi connectivity index (χ2n) is 4.94. The van der Waals surface area contributed by atoms with Gasteiger partial charge in [0.05, 0.1) is 6.04 Å². The molecule has 2 atom stereocenters. The molecule has 1 saturated heterocycles. The lowest BCUT2D eigenvalue weighted by atomic mass is 10.2. The first-order valence-corrected chi connectivity index (χ1v) is 6.24. The highest BCUT2D eigenvalue weighted by atomic mass is 16.2. The topological polar surface area (TPSA) is 35.6 Å². The Labute approximate surface area is 99.0 Å². The van der Waals surface area contributed by atoms with Crippen LogP contribution in [0.15, 0.2) is 0 Å². The second kappa shape index (κ2) is 6.21. The van der Waals surface area contributed by atoms with Gasteiger partial charge in [-0.1, -0.05) is 6.92 Å². The fourth-order valence-electron chi connectivity index (χ4n) is 2.21. The second-order valence-corrected chi connectivity index (χ2v) is 4.94. The van der Waals surface area contributed by atoms with Crippen molar-refractivity contribution >= 4 is 5.91 Å². The van der Waals surface area contributed by atoms with E-state index in [2.05, 4.69) is 24.1 Å². The number of hydrogen-bond acceptors (Lipinski definition) is 3. The van der Waals surface area contributed by atoms with Crippen molar-refractivity contribution in [2.24, 2.45) is 0 Å². The van der Waals surface area contributed by atoms with Crippen molar-refractivity contribution in [3.05, 3.63) is 0 Å². The van der Waals surface area contributed by atoms with E-state index in [-0.39, 0.29) is 11.9 Å². The van der Waals surface area contributed by atoms with Gasteiger partial charge in [0.15, 0.2) is 0 Å². The molecule has 1 heterocycles. The summed E-state index contributed by atoms with van der Waals surface area (Å²) in [4.78, 5) is 16.4. The zero-order chi connectivity index (χ0) is 12.1. The maximum atomic E-state index is 12.3. The molecule has 2 unspecified atom stereocenters. The summed E-state index contributed by atoms with van der Waals surface area (Å²) in [5.41, 5.74) is 0. The van der Waals surface area contributed by atoms with Crippen molar-refractivity contribution in [1.29, 1.82) is 0 Å². The molecule has 0 aromatic rings. The van der Waals surface area contributed by atoms with Crippen molar-refractivity contribution in [2.45, 2.75) is 38.8 Å². The number of rotatable bonds is 4. The van der Waals surface area contributed by atoms with Crippen LogP contribution >= 0.6 is 0 Å². The summed E-state index contributed by atoms with van der Waals surface area (Å²) in [7, 11) is 4.01. The van der Waals surface area contributed by atoms with Crippen LogP contribution in [0.2, 0.25) is 0 Å². The van der Waals surface area contributed by atoms with E-state index in [4.69, 9.17) is 0 Å². The standard InChI is InChI=1S/C12H25N3O/c1-5-8-15-10(2)6-7-13-11(12(15)16)9-14(3)4/h10-11,13H,5-9H2,1-4H3. The molecule has 0 bridgehead atoms. The van der Waals surface area contributed by atoms with Gasteiger partial charge in [0, 0.05) is 19.1 Å². The lowest BCUT2D eigenvalue weighted by molar-refractivity contribution is -0.134. The van der Waals surface area contributed by atoms with Crippen molar-refractivity contribution < 1.29 is 4.79 Å². The van der Waals surface area contributed by atoms with E-state index in [1.165, 1.54) is 0 Å². The van der Waals surface area contributed by atoms with Crippen LogP contribution in [-0.4, -0.2) is 61.5 Å². The van der Waals surface area contributed by atoms with Gasteiger partial charge in [-0.15, -0.1) is 0 Å². The lowest BCUT2D eigenvalue weighted by Gasteiger charge is -2.29. The first kappa shape index (κ1) is 13.5. The van der Waals surface area contributed by atoms with Crippen LogP contribution in [0.1, 0.15) is 26.7 Å². The maximum Gasteiger partial charge on any atom is 0.241 e. The molecule has 0 spiro atoms. The molecule has 1 aliphatic heterocycles. The lowest BCUT2D eigenvalue weighted by Crippen LogP contribution is -2.50. The summed E-state index contributed by atoms with van der Waals surface area (Å²) < 4.78 is 0. The molecule has 1 aliphatic rings. The molecule has 0 aliphatic carbocycles. The molecule has 1 rings (SSSR count). The highest BCUT2D eigenvalue weighted by molar-refractivity contribution is 5.82. The molecule has 94 valence electrons. The van der Waals surface area contributed by atoms with Crippen molar-refractivity contribution in [3.63, 3.8) is 0 Å². The highest BCUT2D eigenvalue weighted by Gasteiger charge is 2.29. The van der Waals surface area contributed by atoms with E-state index < -0.39 is 0 Å². The van der Waals surface area contributed by atoms with Gasteiger partial charge >= 0.3 is 0 Å². The van der Waals surface area contributed by atoms with Gasteiger partial charge in [0.25, 0.3) is 0 Å². The van der Waals surface area contributed by atoms with E-state index >= 15 is 0 Å². The van der Waals surface area contributed by atoms with Crippen molar-refractivity contribution in [1.82, 2.24) is 15.1 Å². The Bertz CT molecular complexity index is 230. The van der Waals surface area contributed by atoms with Gasteiger partial charge in [0.1, 0.15) is 0 Å². The number of amides is 1. The fourth-order valence-corrected chi connectivity index (χ4v) is 2.21. The third kappa shape index (κ3) is 3.46. The molecule has 0 saturated carbocycles. The number of nitrogens with one attached hydrogen (secondary N) is 1. The Morgan fingerprint density at radius 1 is 1.50 bits per heavy atom. The smallest absolute Gasteiger partial charge is 0.241 e. The fraction of sp³-hybridized carbons (Fsp3) is 0.917. The van der Waals surface area contributed by atoms with Crippen LogP contribution in [0.25, 0.3) is 0 Å². The number of hydrogen-bond donors (Lipinski definition) is 1. The summed E-state index contributed by atoms with van der Waals surface area (Å²) in [6, 6.07) is 0.332. The molecule has 0 aromatic heterocycles. The third-order valence-electron chi connectivity index (χ3n) is 3.08. The summed E-state index contributed by atoms with van der Waals surface area (Å²) in [6.07, 6.45) is 2.08. The van der Waals surface area contributed by atoms with Gasteiger partial charge in [-0.2, -0.15) is 0 Å². The largest absolute Gasteiger partial charge is 0.339 e. The minimum Gasteiger partial charge on any atom is -0.339 e. The molecule has 16 heavy (non-hydrogen) atoms. The van der Waals surface area contributed by atoms with E-state index in [1.807, 2.05) is 19.0 Å². The van der Waals surface area contributed by atoms with Crippen molar-refractivity contribution in [2.75, 3.05) is 33.7 Å². The maximum absolute atomic E-state index is 12.3. The summed E-state index contributed by atoms with van der Waals surface area (Å²) in [5.74, 6) is 0.264. The molecule has 1 fully saturated rings. The van der Waals surface area contributed by atoms with Crippen LogP contribution in [0, 0.1) is 0 Å². The summed E-state index contributed by atoms with van der Waals surface area (Å²) in [5, 5.41) is 3.35. The van der Waals surface area contributed by atoms with Crippen LogP contribution in [0.3, 0.4) is 0 Å². The molecule has 1 N–H and O–H groups in total. The van der Waals surface area contributed by atoms with Crippen molar-refractivity contribution in [3.8, 4) is 0 Å². The Kier molecular flexibility index (Phi) is 5.22. The van der Waals surface area contributed by atoms with Gasteiger partial charge in [-0.3, -0.25) is 4.79 Å². The Morgan fingerprint density at radius 2 is 2.19 bits per heavy atom. The first-order chi connectivity index (χ1) is 7.56. The molecular weight excluding hydrogens is 202 g/mol. The Hall–Kier alpha value is -0.610. The monoisotopic (exact) mass is 227 g/mol. The molecule has 0 aromatic carbocycles. The number of nitrogens with zero attached hydrogens (tertiary/aromatic N) is 2. The Morgan fingerprint density at radius 3 is 2.75 bits per heavy atom. The minimum absolute atomic E-state index is 0.0356. The molecular formula is C12H25N3O. The SMILES string of the molecule is CCCN1C(=O)C(CN(C)C)NCCC1C. The van der Waals surface area contributed by atoms with Crippen LogP contribution < -0.4 is 5.32 Å². The van der Waals surface area contributed by atoms with E-state index in [9.17, 15) is 4.79 Å². The Balaban J connectivity index is 2.69. The molecule has 4 nitrogen and oxygen atoms in total.